The van der Waals surface area contributed by atoms with Crippen molar-refractivity contribution in [1.29, 1.82) is 0 Å². The van der Waals surface area contributed by atoms with E-state index in [0.29, 0.717) is 12.1 Å². The van der Waals surface area contributed by atoms with Crippen LogP contribution in [0, 0.1) is 0 Å². The SMILES string of the molecule is C=C/C(CCC(F)Cn1cc(C(=O)NC)nn1)=N\N=C(C)C. The molecule has 0 aliphatic carbocycles. The first kappa shape index (κ1) is 17.7. The van der Waals surface area contributed by atoms with Gasteiger partial charge in [0, 0.05) is 12.8 Å². The molecule has 1 unspecified atom stereocenters. The average Bonchev–Trinajstić information content (AvgIpc) is 2.94. The van der Waals surface area contributed by atoms with Gasteiger partial charge < -0.3 is 5.32 Å². The molecule has 1 N–H and O–H groups in total. The van der Waals surface area contributed by atoms with Gasteiger partial charge in [-0.1, -0.05) is 11.8 Å². The maximum Gasteiger partial charge on any atom is 0.273 e. The number of alkyl halides is 1. The van der Waals surface area contributed by atoms with Crippen molar-refractivity contribution in [1.82, 2.24) is 20.3 Å². The molecule has 1 heterocycles. The standard InChI is InChI=1S/C14H21FN6O/c1-5-12(18-17-10(2)3)7-6-11(15)8-21-9-13(19-20-21)14(22)16-4/h5,9,11H,1,6-8H2,2-4H3,(H,16,22)/b18-12+. The van der Waals surface area contributed by atoms with E-state index in [0.717, 1.165) is 5.71 Å². The van der Waals surface area contributed by atoms with Gasteiger partial charge in [0.1, 0.15) is 6.17 Å². The topological polar surface area (TPSA) is 84.5 Å². The molecule has 0 radical (unpaired) electrons. The zero-order chi connectivity index (χ0) is 16.5. The van der Waals surface area contributed by atoms with Crippen LogP contribution in [0.1, 0.15) is 37.2 Å². The second-order valence-corrected chi connectivity index (χ2v) is 4.88. The molecular formula is C14H21FN6O. The fourth-order valence-corrected chi connectivity index (χ4v) is 1.58. The quantitative estimate of drug-likeness (QED) is 0.587. The maximum absolute atomic E-state index is 14.0. The molecule has 1 amide bonds. The number of carbonyl (C=O) groups is 1. The summed E-state index contributed by atoms with van der Waals surface area (Å²) in [6.07, 6.45) is 2.55. The number of halogens is 1. The largest absolute Gasteiger partial charge is 0.354 e. The predicted octanol–water partition coefficient (Wildman–Crippen LogP) is 1.78. The van der Waals surface area contributed by atoms with Crippen LogP contribution in [0.25, 0.3) is 0 Å². The molecule has 0 saturated heterocycles. The van der Waals surface area contributed by atoms with Gasteiger partial charge in [0.15, 0.2) is 5.69 Å². The molecule has 1 atom stereocenters. The smallest absolute Gasteiger partial charge is 0.273 e. The average molecular weight is 308 g/mol. The van der Waals surface area contributed by atoms with Crippen molar-refractivity contribution in [3.05, 3.63) is 24.5 Å². The highest BCUT2D eigenvalue weighted by Crippen LogP contribution is 2.07. The second-order valence-electron chi connectivity index (χ2n) is 4.88. The predicted molar refractivity (Wildman–Crippen MR) is 84.0 cm³/mol. The lowest BCUT2D eigenvalue weighted by Crippen LogP contribution is -2.18. The summed E-state index contributed by atoms with van der Waals surface area (Å²) in [5.74, 6) is -0.351. The van der Waals surface area contributed by atoms with Gasteiger partial charge in [-0.3, -0.25) is 4.79 Å². The Morgan fingerprint density at radius 1 is 1.55 bits per heavy atom. The van der Waals surface area contributed by atoms with Gasteiger partial charge in [-0.05, 0) is 32.8 Å². The summed E-state index contributed by atoms with van der Waals surface area (Å²) in [6.45, 7) is 7.33. The number of allylic oxidation sites excluding steroid dienone is 1. The third kappa shape index (κ3) is 5.94. The molecule has 0 saturated carbocycles. The van der Waals surface area contributed by atoms with Crippen molar-refractivity contribution in [3.63, 3.8) is 0 Å². The van der Waals surface area contributed by atoms with Gasteiger partial charge in [-0.2, -0.15) is 10.2 Å². The van der Waals surface area contributed by atoms with Crippen LogP contribution in [0.3, 0.4) is 0 Å². The maximum atomic E-state index is 14.0. The molecule has 8 heteroatoms. The van der Waals surface area contributed by atoms with E-state index in [1.165, 1.54) is 17.9 Å². The van der Waals surface area contributed by atoms with Gasteiger partial charge in [0.25, 0.3) is 5.91 Å². The van der Waals surface area contributed by atoms with Crippen LogP contribution in [0.2, 0.25) is 0 Å². The van der Waals surface area contributed by atoms with Crippen LogP contribution in [-0.4, -0.2) is 45.5 Å². The molecule has 22 heavy (non-hydrogen) atoms. The van der Waals surface area contributed by atoms with Crippen molar-refractivity contribution >= 4 is 17.3 Å². The fraction of sp³-hybridized carbons (Fsp3) is 0.500. The monoisotopic (exact) mass is 308 g/mol. The first-order valence-electron chi connectivity index (χ1n) is 6.92. The van der Waals surface area contributed by atoms with Gasteiger partial charge in [-0.25, -0.2) is 9.07 Å². The highest BCUT2D eigenvalue weighted by Gasteiger charge is 2.13. The Morgan fingerprint density at radius 2 is 2.27 bits per heavy atom. The number of rotatable bonds is 8. The van der Waals surface area contributed by atoms with Crippen molar-refractivity contribution < 1.29 is 9.18 Å². The van der Waals surface area contributed by atoms with Gasteiger partial charge in [0.05, 0.1) is 18.5 Å². The first-order valence-corrected chi connectivity index (χ1v) is 6.92. The Bertz CT molecular complexity index is 574. The van der Waals surface area contributed by atoms with E-state index in [1.807, 2.05) is 13.8 Å². The number of carbonyl (C=O) groups excluding carboxylic acids is 1. The summed E-state index contributed by atoms with van der Waals surface area (Å²) < 4.78 is 15.3. The van der Waals surface area contributed by atoms with E-state index in [2.05, 4.69) is 32.4 Å². The Kier molecular flexibility index (Phi) is 7.07. The molecule has 0 aliphatic heterocycles. The van der Waals surface area contributed by atoms with E-state index in [-0.39, 0.29) is 24.6 Å². The highest BCUT2D eigenvalue weighted by molar-refractivity contribution is 5.95. The van der Waals surface area contributed by atoms with Crippen LogP contribution in [0.15, 0.2) is 29.1 Å². The summed E-state index contributed by atoms with van der Waals surface area (Å²) in [5, 5.41) is 17.8. The van der Waals surface area contributed by atoms with Crippen molar-refractivity contribution in [2.24, 2.45) is 10.2 Å². The normalized spacial score (nSPS) is 12.6. The van der Waals surface area contributed by atoms with Gasteiger partial charge in [-0.15, -0.1) is 5.10 Å². The molecule has 0 aliphatic rings. The number of nitrogens with one attached hydrogen (secondary N) is 1. The Labute approximate surface area is 129 Å². The van der Waals surface area contributed by atoms with E-state index in [1.54, 1.807) is 6.08 Å². The third-order valence-electron chi connectivity index (χ3n) is 2.71. The van der Waals surface area contributed by atoms with E-state index >= 15 is 0 Å². The van der Waals surface area contributed by atoms with Crippen LogP contribution < -0.4 is 5.32 Å². The number of hydrogen-bond donors (Lipinski definition) is 1. The molecule has 0 bridgehead atoms. The van der Waals surface area contributed by atoms with E-state index < -0.39 is 6.17 Å². The Hall–Kier alpha value is -2.38. The molecule has 0 fully saturated rings. The first-order chi connectivity index (χ1) is 10.5. The summed E-state index contributed by atoms with van der Waals surface area (Å²) in [7, 11) is 1.50. The molecule has 0 aromatic carbocycles. The minimum Gasteiger partial charge on any atom is -0.354 e. The second kappa shape index (κ2) is 8.81. The lowest BCUT2D eigenvalue weighted by molar-refractivity contribution is 0.0958. The van der Waals surface area contributed by atoms with Gasteiger partial charge in [0.2, 0.25) is 0 Å². The number of amides is 1. The van der Waals surface area contributed by atoms with Crippen LogP contribution in [0.5, 0.6) is 0 Å². The zero-order valence-corrected chi connectivity index (χ0v) is 13.1. The zero-order valence-electron chi connectivity index (χ0n) is 13.1. The molecule has 1 aromatic heterocycles. The summed E-state index contributed by atoms with van der Waals surface area (Å²) >= 11 is 0. The minimum atomic E-state index is -1.13. The Morgan fingerprint density at radius 3 is 2.86 bits per heavy atom. The highest BCUT2D eigenvalue weighted by atomic mass is 19.1. The lowest BCUT2D eigenvalue weighted by Gasteiger charge is -2.07. The lowest BCUT2D eigenvalue weighted by atomic mass is 10.1. The van der Waals surface area contributed by atoms with Crippen molar-refractivity contribution in [2.45, 2.75) is 39.4 Å². The van der Waals surface area contributed by atoms with Crippen LogP contribution in [-0.2, 0) is 6.54 Å². The van der Waals surface area contributed by atoms with Crippen molar-refractivity contribution in [2.75, 3.05) is 7.05 Å². The number of nitrogens with zero attached hydrogens (tertiary/aromatic N) is 5. The number of aromatic nitrogens is 3. The molecule has 1 aromatic rings. The van der Waals surface area contributed by atoms with Crippen LogP contribution in [0.4, 0.5) is 4.39 Å². The summed E-state index contributed by atoms with van der Waals surface area (Å²) in [4.78, 5) is 11.3. The van der Waals surface area contributed by atoms with E-state index in [4.69, 9.17) is 0 Å². The molecule has 120 valence electrons. The van der Waals surface area contributed by atoms with E-state index in [9.17, 15) is 9.18 Å². The molecular weight excluding hydrogens is 287 g/mol. The third-order valence-corrected chi connectivity index (χ3v) is 2.71. The summed E-state index contributed by atoms with van der Waals surface area (Å²) in [6, 6.07) is 0. The number of hydrogen-bond acceptors (Lipinski definition) is 5. The summed E-state index contributed by atoms with van der Waals surface area (Å²) in [5.41, 5.74) is 1.62. The minimum absolute atomic E-state index is 0.0322. The van der Waals surface area contributed by atoms with Crippen molar-refractivity contribution in [3.8, 4) is 0 Å². The van der Waals surface area contributed by atoms with Crippen LogP contribution >= 0.6 is 0 Å². The molecule has 1 rings (SSSR count). The molecule has 7 nitrogen and oxygen atoms in total. The van der Waals surface area contributed by atoms with Gasteiger partial charge >= 0.3 is 0 Å². The molecule has 0 spiro atoms. The fourth-order valence-electron chi connectivity index (χ4n) is 1.58. The Balaban J connectivity index is 2.52.